The van der Waals surface area contributed by atoms with Gasteiger partial charge in [0.2, 0.25) is 5.91 Å². The molecule has 0 aliphatic heterocycles. The molecular formula is C14H16ClNO. The molecule has 3 rings (SSSR count). The van der Waals surface area contributed by atoms with Crippen molar-refractivity contribution in [3.05, 3.63) is 28.8 Å². The van der Waals surface area contributed by atoms with Crippen molar-refractivity contribution in [2.45, 2.75) is 26.2 Å². The molecule has 0 spiro atoms. The SMILES string of the molecule is Cc1ccc(NC(=O)C2CC3CC3C2)cc1Cl. The minimum Gasteiger partial charge on any atom is -0.326 e. The van der Waals surface area contributed by atoms with Crippen molar-refractivity contribution in [1.29, 1.82) is 0 Å². The van der Waals surface area contributed by atoms with Crippen molar-refractivity contribution in [2.75, 3.05) is 5.32 Å². The van der Waals surface area contributed by atoms with Crippen LogP contribution in [0.2, 0.25) is 5.02 Å². The Morgan fingerprint density at radius 3 is 2.65 bits per heavy atom. The first-order chi connectivity index (χ1) is 8.13. The molecule has 1 aromatic carbocycles. The first-order valence-electron chi connectivity index (χ1n) is 6.20. The molecule has 2 nitrogen and oxygen atoms in total. The number of fused-ring (bicyclic) bond motifs is 1. The number of amides is 1. The fourth-order valence-electron chi connectivity index (χ4n) is 2.84. The minimum absolute atomic E-state index is 0.164. The Labute approximate surface area is 106 Å². The highest BCUT2D eigenvalue weighted by Crippen LogP contribution is 2.54. The lowest BCUT2D eigenvalue weighted by molar-refractivity contribution is -0.120. The molecule has 0 saturated heterocycles. The van der Waals surface area contributed by atoms with Gasteiger partial charge in [-0.05, 0) is 55.7 Å². The molecule has 2 aliphatic carbocycles. The summed E-state index contributed by atoms with van der Waals surface area (Å²) >= 11 is 6.04. The highest BCUT2D eigenvalue weighted by molar-refractivity contribution is 6.31. The highest BCUT2D eigenvalue weighted by atomic mass is 35.5. The molecule has 2 unspecified atom stereocenters. The molecule has 1 aromatic rings. The third-order valence-electron chi connectivity index (χ3n) is 4.05. The predicted molar refractivity (Wildman–Crippen MR) is 69.1 cm³/mol. The number of benzene rings is 1. The molecule has 2 atom stereocenters. The topological polar surface area (TPSA) is 29.1 Å². The maximum Gasteiger partial charge on any atom is 0.227 e. The molecule has 90 valence electrons. The van der Waals surface area contributed by atoms with Gasteiger partial charge >= 0.3 is 0 Å². The number of hydrogen-bond acceptors (Lipinski definition) is 1. The summed E-state index contributed by atoms with van der Waals surface area (Å²) in [4.78, 5) is 12.0. The molecule has 1 amide bonds. The summed E-state index contributed by atoms with van der Waals surface area (Å²) in [6, 6.07) is 5.67. The zero-order chi connectivity index (χ0) is 12.0. The maximum absolute atomic E-state index is 12.0. The van der Waals surface area contributed by atoms with Gasteiger partial charge in [-0.2, -0.15) is 0 Å². The molecule has 0 aromatic heterocycles. The van der Waals surface area contributed by atoms with Crippen molar-refractivity contribution < 1.29 is 4.79 Å². The summed E-state index contributed by atoms with van der Waals surface area (Å²) < 4.78 is 0. The Bertz CT molecular complexity index is 461. The van der Waals surface area contributed by atoms with Crippen LogP contribution in [0.15, 0.2) is 18.2 Å². The maximum atomic E-state index is 12.0. The monoisotopic (exact) mass is 249 g/mol. The largest absolute Gasteiger partial charge is 0.326 e. The van der Waals surface area contributed by atoms with E-state index in [4.69, 9.17) is 11.6 Å². The lowest BCUT2D eigenvalue weighted by atomic mass is 10.0. The average Bonchev–Trinajstić information content (AvgIpc) is 2.91. The summed E-state index contributed by atoms with van der Waals surface area (Å²) in [7, 11) is 0. The molecule has 2 fully saturated rings. The van der Waals surface area contributed by atoms with E-state index in [0.29, 0.717) is 5.02 Å². The lowest BCUT2D eigenvalue weighted by Gasteiger charge is -2.12. The molecule has 2 saturated carbocycles. The van der Waals surface area contributed by atoms with Crippen molar-refractivity contribution in [3.63, 3.8) is 0 Å². The predicted octanol–water partition coefficient (Wildman–Crippen LogP) is 3.63. The van der Waals surface area contributed by atoms with Gasteiger partial charge in [-0.3, -0.25) is 4.79 Å². The zero-order valence-corrected chi connectivity index (χ0v) is 10.6. The Balaban J connectivity index is 1.65. The molecule has 2 aliphatic rings. The Kier molecular flexibility index (Phi) is 2.62. The average molecular weight is 250 g/mol. The number of aryl methyl sites for hydroxylation is 1. The number of hydrogen-bond donors (Lipinski definition) is 1. The third kappa shape index (κ3) is 2.19. The number of anilines is 1. The summed E-state index contributed by atoms with van der Waals surface area (Å²) in [5.74, 6) is 2.07. The summed E-state index contributed by atoms with van der Waals surface area (Å²) in [5.41, 5.74) is 1.85. The van der Waals surface area contributed by atoms with E-state index in [1.165, 1.54) is 6.42 Å². The van der Waals surface area contributed by atoms with Crippen molar-refractivity contribution >= 4 is 23.2 Å². The van der Waals surface area contributed by atoms with E-state index < -0.39 is 0 Å². The summed E-state index contributed by atoms with van der Waals surface area (Å²) in [6.07, 6.45) is 3.51. The molecule has 17 heavy (non-hydrogen) atoms. The summed E-state index contributed by atoms with van der Waals surface area (Å²) in [5, 5.41) is 3.68. The Hall–Kier alpha value is -1.02. The van der Waals surface area contributed by atoms with Gasteiger partial charge in [-0.1, -0.05) is 17.7 Å². The second-order valence-electron chi connectivity index (χ2n) is 5.38. The van der Waals surface area contributed by atoms with E-state index >= 15 is 0 Å². The van der Waals surface area contributed by atoms with Crippen LogP contribution < -0.4 is 5.32 Å². The van der Waals surface area contributed by atoms with E-state index in [0.717, 1.165) is 35.9 Å². The van der Waals surface area contributed by atoms with E-state index in [2.05, 4.69) is 5.32 Å². The van der Waals surface area contributed by atoms with Crippen molar-refractivity contribution in [3.8, 4) is 0 Å². The van der Waals surface area contributed by atoms with Gasteiger partial charge in [0.15, 0.2) is 0 Å². The lowest BCUT2D eigenvalue weighted by Crippen LogP contribution is -2.21. The molecule has 0 heterocycles. The van der Waals surface area contributed by atoms with Gasteiger partial charge < -0.3 is 5.32 Å². The second-order valence-corrected chi connectivity index (χ2v) is 5.78. The first-order valence-corrected chi connectivity index (χ1v) is 6.58. The van der Waals surface area contributed by atoms with E-state index in [-0.39, 0.29) is 11.8 Å². The number of nitrogens with one attached hydrogen (secondary N) is 1. The molecule has 0 radical (unpaired) electrons. The fraction of sp³-hybridized carbons (Fsp3) is 0.500. The number of rotatable bonds is 2. The Morgan fingerprint density at radius 1 is 1.29 bits per heavy atom. The zero-order valence-electron chi connectivity index (χ0n) is 9.87. The fourth-order valence-corrected chi connectivity index (χ4v) is 3.02. The van der Waals surface area contributed by atoms with Crippen molar-refractivity contribution in [2.24, 2.45) is 17.8 Å². The standard InChI is InChI=1S/C14H16ClNO/c1-8-2-3-12(7-13(8)15)16-14(17)11-5-9-4-10(9)6-11/h2-3,7,9-11H,4-6H2,1H3,(H,16,17). The second kappa shape index (κ2) is 4.02. The van der Waals surface area contributed by atoms with Crippen LogP contribution in [0.3, 0.4) is 0 Å². The normalized spacial score (nSPS) is 29.9. The van der Waals surface area contributed by atoms with Crippen LogP contribution in [0, 0.1) is 24.7 Å². The highest BCUT2D eigenvalue weighted by Gasteiger charge is 2.47. The van der Waals surface area contributed by atoms with Crippen LogP contribution in [0.5, 0.6) is 0 Å². The van der Waals surface area contributed by atoms with Crippen LogP contribution >= 0.6 is 11.6 Å². The van der Waals surface area contributed by atoms with E-state index in [9.17, 15) is 4.79 Å². The van der Waals surface area contributed by atoms with Crippen LogP contribution in [0.25, 0.3) is 0 Å². The van der Waals surface area contributed by atoms with Crippen LogP contribution in [0.4, 0.5) is 5.69 Å². The first kappa shape index (κ1) is 11.1. The van der Waals surface area contributed by atoms with Gasteiger partial charge in [0, 0.05) is 16.6 Å². The summed E-state index contributed by atoms with van der Waals surface area (Å²) in [6.45, 7) is 1.96. The van der Waals surface area contributed by atoms with E-state index in [1.807, 2.05) is 25.1 Å². The van der Waals surface area contributed by atoms with Crippen molar-refractivity contribution in [1.82, 2.24) is 0 Å². The van der Waals surface area contributed by atoms with Gasteiger partial charge in [-0.15, -0.1) is 0 Å². The number of carbonyl (C=O) groups is 1. The number of carbonyl (C=O) groups excluding carboxylic acids is 1. The molecule has 3 heteroatoms. The molecule has 1 N–H and O–H groups in total. The number of halogens is 1. The van der Waals surface area contributed by atoms with Crippen LogP contribution in [-0.4, -0.2) is 5.91 Å². The van der Waals surface area contributed by atoms with Gasteiger partial charge in [0.1, 0.15) is 0 Å². The van der Waals surface area contributed by atoms with Gasteiger partial charge in [0.25, 0.3) is 0 Å². The van der Waals surface area contributed by atoms with Gasteiger partial charge in [0.05, 0.1) is 0 Å². The molecule has 0 bridgehead atoms. The Morgan fingerprint density at radius 2 is 2.00 bits per heavy atom. The van der Waals surface area contributed by atoms with Crippen LogP contribution in [-0.2, 0) is 4.79 Å². The molecular weight excluding hydrogens is 234 g/mol. The third-order valence-corrected chi connectivity index (χ3v) is 4.46. The smallest absolute Gasteiger partial charge is 0.227 e. The quantitative estimate of drug-likeness (QED) is 0.852. The minimum atomic E-state index is 0.164. The van der Waals surface area contributed by atoms with E-state index in [1.54, 1.807) is 0 Å². The van der Waals surface area contributed by atoms with Gasteiger partial charge in [-0.25, -0.2) is 0 Å². The van der Waals surface area contributed by atoms with Crippen LogP contribution in [0.1, 0.15) is 24.8 Å².